The molecule has 1 aromatic rings. The van der Waals surface area contributed by atoms with Gasteiger partial charge in [-0.1, -0.05) is 6.07 Å². The van der Waals surface area contributed by atoms with E-state index in [-0.39, 0.29) is 0 Å². The molecule has 0 saturated heterocycles. The Hall–Kier alpha value is -0.995. The molecule has 16 heavy (non-hydrogen) atoms. The van der Waals surface area contributed by atoms with Crippen molar-refractivity contribution >= 4 is 12.6 Å². The van der Waals surface area contributed by atoms with Crippen LogP contribution in [-0.2, 0) is 12.8 Å². The maximum absolute atomic E-state index is 9.32. The molecule has 1 aromatic carbocycles. The molecular weight excluding hydrogens is 203 g/mol. The van der Waals surface area contributed by atoms with Crippen LogP contribution in [0.5, 0.6) is 5.75 Å². The van der Waals surface area contributed by atoms with Crippen LogP contribution in [0, 0.1) is 0 Å². The SMILES string of the molecule is CCOc1ccc(B(O)O)c2c1CCCC2. The molecule has 0 heterocycles. The largest absolute Gasteiger partial charge is 0.494 e. The Labute approximate surface area is 96.2 Å². The first kappa shape index (κ1) is 11.5. The minimum absolute atomic E-state index is 0.637. The fourth-order valence-corrected chi connectivity index (χ4v) is 2.40. The zero-order valence-electron chi connectivity index (χ0n) is 9.57. The molecule has 1 aliphatic carbocycles. The van der Waals surface area contributed by atoms with E-state index >= 15 is 0 Å². The van der Waals surface area contributed by atoms with Crippen molar-refractivity contribution in [2.45, 2.75) is 32.6 Å². The van der Waals surface area contributed by atoms with Gasteiger partial charge in [0.2, 0.25) is 0 Å². The third-order valence-corrected chi connectivity index (χ3v) is 3.11. The Morgan fingerprint density at radius 3 is 2.50 bits per heavy atom. The maximum Gasteiger partial charge on any atom is 0.488 e. The van der Waals surface area contributed by atoms with E-state index in [0.29, 0.717) is 12.1 Å². The molecule has 0 aliphatic heterocycles. The van der Waals surface area contributed by atoms with Crippen molar-refractivity contribution in [2.24, 2.45) is 0 Å². The summed E-state index contributed by atoms with van der Waals surface area (Å²) in [5.74, 6) is 0.904. The van der Waals surface area contributed by atoms with Crippen molar-refractivity contribution in [1.29, 1.82) is 0 Å². The Morgan fingerprint density at radius 1 is 1.19 bits per heavy atom. The average molecular weight is 220 g/mol. The van der Waals surface area contributed by atoms with Gasteiger partial charge in [-0.15, -0.1) is 0 Å². The van der Waals surface area contributed by atoms with E-state index < -0.39 is 7.12 Å². The number of ether oxygens (including phenoxy) is 1. The second kappa shape index (κ2) is 4.89. The van der Waals surface area contributed by atoms with E-state index in [9.17, 15) is 10.0 Å². The van der Waals surface area contributed by atoms with Crippen molar-refractivity contribution < 1.29 is 14.8 Å². The zero-order valence-corrected chi connectivity index (χ0v) is 9.57. The summed E-state index contributed by atoms with van der Waals surface area (Å²) in [7, 11) is -1.37. The first-order chi connectivity index (χ1) is 7.74. The highest BCUT2D eigenvalue weighted by Gasteiger charge is 2.23. The molecule has 3 nitrogen and oxygen atoms in total. The van der Waals surface area contributed by atoms with Crippen LogP contribution in [0.15, 0.2) is 12.1 Å². The van der Waals surface area contributed by atoms with E-state index in [1.165, 1.54) is 5.56 Å². The number of benzene rings is 1. The smallest absolute Gasteiger partial charge is 0.488 e. The van der Waals surface area contributed by atoms with E-state index in [0.717, 1.165) is 37.0 Å². The van der Waals surface area contributed by atoms with Crippen molar-refractivity contribution in [3.8, 4) is 5.75 Å². The summed E-state index contributed by atoms with van der Waals surface area (Å²) in [6.45, 7) is 2.61. The Kier molecular flexibility index (Phi) is 3.51. The van der Waals surface area contributed by atoms with Gasteiger partial charge in [-0.2, -0.15) is 0 Å². The third-order valence-electron chi connectivity index (χ3n) is 3.11. The highest BCUT2D eigenvalue weighted by atomic mass is 16.5. The van der Waals surface area contributed by atoms with E-state index in [4.69, 9.17) is 4.74 Å². The molecule has 0 spiro atoms. The summed E-state index contributed by atoms with van der Waals surface area (Å²) in [6, 6.07) is 3.61. The average Bonchev–Trinajstić information content (AvgIpc) is 2.29. The zero-order chi connectivity index (χ0) is 11.5. The van der Waals surface area contributed by atoms with Gasteiger partial charge in [-0.25, -0.2) is 0 Å². The molecule has 4 heteroatoms. The predicted octanol–water partition coefficient (Wildman–Crippen LogP) is 0.644. The second-order valence-electron chi connectivity index (χ2n) is 4.12. The van der Waals surface area contributed by atoms with E-state index in [2.05, 4.69) is 0 Å². The molecule has 0 atom stereocenters. The summed E-state index contributed by atoms with van der Waals surface area (Å²) in [4.78, 5) is 0. The van der Waals surface area contributed by atoms with Crippen molar-refractivity contribution in [1.82, 2.24) is 0 Å². The van der Waals surface area contributed by atoms with Gasteiger partial charge in [0.15, 0.2) is 0 Å². The molecule has 0 amide bonds. The number of rotatable bonds is 3. The van der Waals surface area contributed by atoms with Crippen LogP contribution >= 0.6 is 0 Å². The van der Waals surface area contributed by atoms with E-state index in [1.54, 1.807) is 6.07 Å². The van der Waals surface area contributed by atoms with Crippen molar-refractivity contribution in [3.05, 3.63) is 23.3 Å². The molecule has 0 aromatic heterocycles. The second-order valence-corrected chi connectivity index (χ2v) is 4.12. The van der Waals surface area contributed by atoms with Gasteiger partial charge in [-0.3, -0.25) is 0 Å². The molecule has 1 aliphatic rings. The Balaban J connectivity index is 2.46. The van der Waals surface area contributed by atoms with Crippen LogP contribution in [-0.4, -0.2) is 23.8 Å². The lowest BCUT2D eigenvalue weighted by molar-refractivity contribution is 0.334. The molecule has 0 bridgehead atoms. The molecular formula is C12H17BO3. The van der Waals surface area contributed by atoms with Gasteiger partial charge in [0, 0.05) is 0 Å². The van der Waals surface area contributed by atoms with Crippen molar-refractivity contribution in [2.75, 3.05) is 6.61 Å². The summed E-state index contributed by atoms with van der Waals surface area (Å²) >= 11 is 0. The topological polar surface area (TPSA) is 49.7 Å². The first-order valence-corrected chi connectivity index (χ1v) is 5.87. The summed E-state index contributed by atoms with van der Waals surface area (Å²) in [5.41, 5.74) is 2.88. The summed E-state index contributed by atoms with van der Waals surface area (Å²) < 4.78 is 5.58. The van der Waals surface area contributed by atoms with Crippen LogP contribution in [0.25, 0.3) is 0 Å². The maximum atomic E-state index is 9.32. The lowest BCUT2D eigenvalue weighted by atomic mass is 9.72. The van der Waals surface area contributed by atoms with Gasteiger partial charge in [0.25, 0.3) is 0 Å². The van der Waals surface area contributed by atoms with Crippen LogP contribution in [0.1, 0.15) is 30.9 Å². The van der Waals surface area contributed by atoms with Gasteiger partial charge in [-0.05, 0) is 55.3 Å². The van der Waals surface area contributed by atoms with Gasteiger partial charge >= 0.3 is 7.12 Å². The van der Waals surface area contributed by atoms with Crippen LogP contribution in [0.3, 0.4) is 0 Å². The normalized spacial score (nSPS) is 14.4. The van der Waals surface area contributed by atoms with Gasteiger partial charge < -0.3 is 14.8 Å². The predicted molar refractivity (Wildman–Crippen MR) is 64.1 cm³/mol. The molecule has 86 valence electrons. The number of hydrogen-bond donors (Lipinski definition) is 2. The minimum atomic E-state index is -1.37. The van der Waals surface area contributed by atoms with E-state index in [1.807, 2.05) is 13.0 Å². The molecule has 2 rings (SSSR count). The van der Waals surface area contributed by atoms with Gasteiger partial charge in [0.1, 0.15) is 5.75 Å². The van der Waals surface area contributed by atoms with Crippen LogP contribution < -0.4 is 10.2 Å². The van der Waals surface area contributed by atoms with Crippen LogP contribution in [0.2, 0.25) is 0 Å². The standard InChI is InChI=1S/C12H17BO3/c1-2-16-12-8-7-11(13(14)15)9-5-3-4-6-10(9)12/h7-8,14-15H,2-6H2,1H3. The number of hydrogen-bond acceptors (Lipinski definition) is 3. The first-order valence-electron chi connectivity index (χ1n) is 5.87. The third kappa shape index (κ3) is 2.08. The van der Waals surface area contributed by atoms with Crippen LogP contribution in [0.4, 0.5) is 0 Å². The fourth-order valence-electron chi connectivity index (χ4n) is 2.40. The monoisotopic (exact) mass is 220 g/mol. The highest BCUT2D eigenvalue weighted by molar-refractivity contribution is 6.59. The molecule has 0 fully saturated rings. The molecule has 0 radical (unpaired) electrons. The molecule has 2 N–H and O–H groups in total. The summed E-state index contributed by atoms with van der Waals surface area (Å²) in [6.07, 6.45) is 4.16. The molecule has 0 unspecified atom stereocenters. The van der Waals surface area contributed by atoms with Crippen molar-refractivity contribution in [3.63, 3.8) is 0 Å². The number of fused-ring (bicyclic) bond motifs is 1. The fraction of sp³-hybridized carbons (Fsp3) is 0.500. The lowest BCUT2D eigenvalue weighted by Crippen LogP contribution is -2.35. The summed E-state index contributed by atoms with van der Waals surface area (Å²) in [5, 5.41) is 18.6. The van der Waals surface area contributed by atoms with Gasteiger partial charge in [0.05, 0.1) is 6.61 Å². The Bertz CT molecular complexity index is 377. The lowest BCUT2D eigenvalue weighted by Gasteiger charge is -2.22. The Morgan fingerprint density at radius 2 is 1.88 bits per heavy atom. The minimum Gasteiger partial charge on any atom is -0.494 e. The molecule has 0 saturated carbocycles. The highest BCUT2D eigenvalue weighted by Crippen LogP contribution is 2.28. The quantitative estimate of drug-likeness (QED) is 0.735.